The fraction of sp³-hybridized carbons (Fsp3) is 0.296. The van der Waals surface area contributed by atoms with Gasteiger partial charge in [0.25, 0.3) is 5.60 Å². The molecule has 1 N–H and O–H groups in total. The summed E-state index contributed by atoms with van der Waals surface area (Å²) in [5.41, 5.74) is -4.81. The predicted molar refractivity (Wildman–Crippen MR) is 122 cm³/mol. The Morgan fingerprint density at radius 2 is 1.34 bits per heavy atom. The number of ether oxygens (including phenoxy) is 2. The van der Waals surface area contributed by atoms with Crippen molar-refractivity contribution in [2.45, 2.75) is 43.3 Å². The molecule has 1 atom stereocenters. The number of alkyl halides is 6. The van der Waals surface area contributed by atoms with Crippen molar-refractivity contribution < 1.29 is 50.8 Å². The fourth-order valence-corrected chi connectivity index (χ4v) is 3.65. The average molecular weight is 541 g/mol. The highest BCUT2D eigenvalue weighted by Crippen LogP contribution is 2.50. The molecule has 38 heavy (non-hydrogen) atoms. The Balaban J connectivity index is 1.75. The van der Waals surface area contributed by atoms with Crippen LogP contribution < -0.4 is 14.6 Å². The Morgan fingerprint density at radius 3 is 1.87 bits per heavy atom. The first-order chi connectivity index (χ1) is 17.8. The van der Waals surface area contributed by atoms with Crippen LogP contribution in [0.25, 0.3) is 0 Å². The first kappa shape index (κ1) is 28.8. The van der Waals surface area contributed by atoms with Crippen LogP contribution in [0.2, 0.25) is 0 Å². The van der Waals surface area contributed by atoms with E-state index in [0.717, 1.165) is 23.3 Å². The number of benzene rings is 3. The third-order valence-electron chi connectivity index (χ3n) is 5.68. The highest BCUT2D eigenvalue weighted by atomic mass is 19.4. The second kappa shape index (κ2) is 11.8. The van der Waals surface area contributed by atoms with Crippen LogP contribution in [0.1, 0.15) is 23.1 Å². The van der Waals surface area contributed by atoms with Crippen molar-refractivity contribution in [2.75, 3.05) is 6.61 Å². The van der Waals surface area contributed by atoms with Gasteiger partial charge in [0.1, 0.15) is 24.2 Å². The molecular weight excluding hydrogens is 518 g/mol. The molecule has 3 rings (SSSR count). The zero-order valence-electron chi connectivity index (χ0n) is 19.8. The van der Waals surface area contributed by atoms with Gasteiger partial charge in [0.05, 0.1) is 0 Å². The smallest absolute Gasteiger partial charge is 0.430 e. The summed E-state index contributed by atoms with van der Waals surface area (Å²) in [4.78, 5) is 10.6. The molecule has 0 spiro atoms. The summed E-state index contributed by atoms with van der Waals surface area (Å²) in [6.07, 6.45) is -12.2. The lowest BCUT2D eigenvalue weighted by molar-refractivity contribution is -0.376. The number of rotatable bonds is 11. The molecule has 0 fully saturated rings. The highest BCUT2D eigenvalue weighted by Gasteiger charge is 2.71. The van der Waals surface area contributed by atoms with Crippen molar-refractivity contribution in [3.05, 3.63) is 95.6 Å². The summed E-state index contributed by atoms with van der Waals surface area (Å²) in [6.45, 7) is -0.0237. The predicted octanol–water partition coefficient (Wildman–Crippen LogP) is 4.75. The summed E-state index contributed by atoms with van der Waals surface area (Å²) in [5.74, 6) is -0.747. The van der Waals surface area contributed by atoms with E-state index in [1.165, 1.54) is 0 Å². The van der Waals surface area contributed by atoms with E-state index >= 15 is 0 Å². The van der Waals surface area contributed by atoms with Crippen LogP contribution in [0.15, 0.2) is 78.9 Å². The lowest BCUT2D eigenvalue weighted by Gasteiger charge is -2.32. The summed E-state index contributed by atoms with van der Waals surface area (Å²) in [6, 6.07) is 18.5. The Hall–Kier alpha value is -3.73. The molecular formula is C27H23F6O5-. The van der Waals surface area contributed by atoms with Gasteiger partial charge in [-0.15, -0.1) is 0 Å². The molecule has 0 aliphatic rings. The second-order valence-electron chi connectivity index (χ2n) is 8.49. The number of carbonyl (C=O) groups excluding carboxylic acids is 1. The minimum atomic E-state index is -5.99. The van der Waals surface area contributed by atoms with Gasteiger partial charge in [-0.2, -0.15) is 26.3 Å². The molecule has 0 radical (unpaired) electrons. The average Bonchev–Trinajstić information content (AvgIpc) is 2.86. The Labute approximate surface area is 214 Å². The van der Waals surface area contributed by atoms with Gasteiger partial charge in [0.15, 0.2) is 0 Å². The number of halogens is 6. The fourth-order valence-electron chi connectivity index (χ4n) is 3.65. The number of carboxylic acid groups (broad SMARTS) is 1. The summed E-state index contributed by atoms with van der Waals surface area (Å²) >= 11 is 0. The van der Waals surface area contributed by atoms with Gasteiger partial charge in [-0.05, 0) is 48.2 Å². The second-order valence-corrected chi connectivity index (χ2v) is 8.49. The topological polar surface area (TPSA) is 78.8 Å². The van der Waals surface area contributed by atoms with E-state index in [0.29, 0.717) is 24.3 Å². The van der Waals surface area contributed by atoms with E-state index in [9.17, 15) is 41.4 Å². The maximum atomic E-state index is 13.2. The minimum absolute atomic E-state index is 0.0237. The van der Waals surface area contributed by atoms with Gasteiger partial charge < -0.3 is 24.5 Å². The van der Waals surface area contributed by atoms with Gasteiger partial charge in [-0.3, -0.25) is 0 Å². The monoisotopic (exact) mass is 541 g/mol. The van der Waals surface area contributed by atoms with E-state index in [4.69, 9.17) is 9.47 Å². The van der Waals surface area contributed by atoms with Crippen LogP contribution in [0.5, 0.6) is 11.5 Å². The third kappa shape index (κ3) is 7.18. The van der Waals surface area contributed by atoms with Crippen LogP contribution in [-0.4, -0.2) is 36.1 Å². The van der Waals surface area contributed by atoms with Crippen molar-refractivity contribution in [3.8, 4) is 11.5 Å². The molecule has 0 unspecified atom stereocenters. The summed E-state index contributed by atoms with van der Waals surface area (Å²) in [7, 11) is 0. The standard InChI is InChI=1S/C27H24F6O5/c28-26(29,30)25(36,27(31,32)33)20-9-13-22(14-10-20)38-23(16-19-4-2-1-3-5-19)17-37-21-11-6-18(7-12-21)8-15-24(34)35/h1-7,9-14,23,36H,8,15-17H2,(H,34,35)/p-1/t23-/m1/s1. The SMILES string of the molecule is O=C([O-])CCc1ccc(OC[C@@H](Cc2ccccc2)Oc2ccc(C(O)(C(F)(F)F)C(F)(F)F)cc2)cc1. The molecule has 5 nitrogen and oxygen atoms in total. The van der Waals surface area contributed by atoms with Crippen molar-refractivity contribution in [2.24, 2.45) is 0 Å². The van der Waals surface area contributed by atoms with Crippen molar-refractivity contribution >= 4 is 5.97 Å². The number of carboxylic acids is 1. The third-order valence-corrected chi connectivity index (χ3v) is 5.68. The van der Waals surface area contributed by atoms with Crippen LogP contribution in [0, 0.1) is 0 Å². The highest BCUT2D eigenvalue weighted by molar-refractivity contribution is 5.64. The molecule has 0 aromatic heterocycles. The lowest BCUT2D eigenvalue weighted by atomic mass is 9.92. The van der Waals surface area contributed by atoms with E-state index < -0.39 is 35.6 Å². The van der Waals surface area contributed by atoms with Crippen LogP contribution in [0.4, 0.5) is 26.3 Å². The van der Waals surface area contributed by atoms with Crippen LogP contribution in [-0.2, 0) is 23.2 Å². The molecule has 0 saturated heterocycles. The largest absolute Gasteiger partial charge is 0.550 e. The number of carbonyl (C=O) groups is 1. The Bertz CT molecular complexity index is 1160. The first-order valence-electron chi connectivity index (χ1n) is 11.4. The molecule has 0 bridgehead atoms. The Kier molecular flexibility index (Phi) is 8.93. The van der Waals surface area contributed by atoms with Crippen molar-refractivity contribution in [3.63, 3.8) is 0 Å². The zero-order chi connectivity index (χ0) is 28.0. The van der Waals surface area contributed by atoms with E-state index in [1.54, 1.807) is 42.5 Å². The number of aliphatic hydroxyl groups is 1. The van der Waals surface area contributed by atoms with E-state index in [-0.39, 0.29) is 25.2 Å². The quantitative estimate of drug-likeness (QED) is 0.355. The van der Waals surface area contributed by atoms with Gasteiger partial charge >= 0.3 is 12.4 Å². The van der Waals surface area contributed by atoms with E-state index in [1.807, 2.05) is 12.1 Å². The maximum Gasteiger partial charge on any atom is 0.430 e. The molecule has 0 aliphatic heterocycles. The first-order valence-corrected chi connectivity index (χ1v) is 11.4. The maximum absolute atomic E-state index is 13.2. The van der Waals surface area contributed by atoms with Crippen molar-refractivity contribution in [1.29, 1.82) is 0 Å². The number of aliphatic carboxylic acids is 1. The number of aryl methyl sites for hydroxylation is 1. The molecule has 0 heterocycles. The van der Waals surface area contributed by atoms with Crippen LogP contribution in [0.3, 0.4) is 0 Å². The normalized spacial score (nSPS) is 13.1. The van der Waals surface area contributed by atoms with Gasteiger partial charge in [0.2, 0.25) is 0 Å². The molecule has 0 aliphatic carbocycles. The molecule has 11 heteroatoms. The summed E-state index contributed by atoms with van der Waals surface area (Å²) < 4.78 is 90.5. The van der Waals surface area contributed by atoms with Gasteiger partial charge in [-0.25, -0.2) is 0 Å². The number of hydrogen-bond donors (Lipinski definition) is 1. The molecule has 0 saturated carbocycles. The number of hydrogen-bond acceptors (Lipinski definition) is 5. The van der Waals surface area contributed by atoms with Gasteiger partial charge in [0, 0.05) is 18.0 Å². The van der Waals surface area contributed by atoms with Crippen LogP contribution >= 0.6 is 0 Å². The molecule has 0 amide bonds. The molecule has 3 aromatic carbocycles. The summed E-state index contributed by atoms with van der Waals surface area (Å²) in [5, 5.41) is 20.2. The Morgan fingerprint density at radius 1 is 0.789 bits per heavy atom. The van der Waals surface area contributed by atoms with E-state index in [2.05, 4.69) is 0 Å². The van der Waals surface area contributed by atoms with Crippen molar-refractivity contribution in [1.82, 2.24) is 0 Å². The molecule has 204 valence electrons. The zero-order valence-corrected chi connectivity index (χ0v) is 19.8. The van der Waals surface area contributed by atoms with Gasteiger partial charge in [-0.1, -0.05) is 54.6 Å². The lowest BCUT2D eigenvalue weighted by Crippen LogP contribution is -2.53. The molecule has 3 aromatic rings. The minimum Gasteiger partial charge on any atom is -0.550 e.